The molecule has 0 bridgehead atoms. The van der Waals surface area contributed by atoms with Gasteiger partial charge in [-0.1, -0.05) is 0 Å². The monoisotopic (exact) mass is 234 g/mol. The lowest BCUT2D eigenvalue weighted by Crippen LogP contribution is -2.37. The molecule has 92 valence electrons. The summed E-state index contributed by atoms with van der Waals surface area (Å²) in [6.07, 6.45) is 1.99. The SMILES string of the molecule is Cc1cc(NC(=O)[C@@H]2CCCNC2)ccc1O. The minimum Gasteiger partial charge on any atom is -0.508 e. The second-order valence-electron chi connectivity index (χ2n) is 4.53. The zero-order valence-electron chi connectivity index (χ0n) is 9.99. The van der Waals surface area contributed by atoms with E-state index in [1.165, 1.54) is 0 Å². The molecular weight excluding hydrogens is 216 g/mol. The molecule has 1 aliphatic rings. The highest BCUT2D eigenvalue weighted by Gasteiger charge is 2.20. The Labute approximate surface area is 101 Å². The molecule has 0 radical (unpaired) electrons. The highest BCUT2D eigenvalue weighted by atomic mass is 16.3. The third-order valence-corrected chi connectivity index (χ3v) is 3.13. The topological polar surface area (TPSA) is 61.4 Å². The second kappa shape index (κ2) is 5.19. The molecule has 2 rings (SSSR count). The summed E-state index contributed by atoms with van der Waals surface area (Å²) in [6, 6.07) is 5.10. The Morgan fingerprint density at radius 2 is 2.35 bits per heavy atom. The number of piperidine rings is 1. The van der Waals surface area contributed by atoms with E-state index in [4.69, 9.17) is 0 Å². The van der Waals surface area contributed by atoms with E-state index in [1.54, 1.807) is 18.2 Å². The molecule has 1 saturated heterocycles. The van der Waals surface area contributed by atoms with E-state index in [9.17, 15) is 9.90 Å². The van der Waals surface area contributed by atoms with Crippen molar-refractivity contribution in [2.75, 3.05) is 18.4 Å². The van der Waals surface area contributed by atoms with Gasteiger partial charge in [0.25, 0.3) is 0 Å². The number of rotatable bonds is 2. The van der Waals surface area contributed by atoms with Crippen molar-refractivity contribution in [2.45, 2.75) is 19.8 Å². The van der Waals surface area contributed by atoms with Crippen LogP contribution in [0.2, 0.25) is 0 Å². The lowest BCUT2D eigenvalue weighted by atomic mass is 9.99. The van der Waals surface area contributed by atoms with Gasteiger partial charge in [-0.25, -0.2) is 0 Å². The van der Waals surface area contributed by atoms with Crippen molar-refractivity contribution >= 4 is 11.6 Å². The number of phenolic OH excluding ortho intramolecular Hbond substituents is 1. The number of aryl methyl sites for hydroxylation is 1. The average molecular weight is 234 g/mol. The summed E-state index contributed by atoms with van der Waals surface area (Å²) in [7, 11) is 0. The number of aromatic hydroxyl groups is 1. The Balaban J connectivity index is 1.99. The van der Waals surface area contributed by atoms with Crippen LogP contribution in [0.3, 0.4) is 0 Å². The van der Waals surface area contributed by atoms with Gasteiger partial charge in [-0.05, 0) is 50.1 Å². The van der Waals surface area contributed by atoms with Gasteiger partial charge in [-0.15, -0.1) is 0 Å². The molecule has 17 heavy (non-hydrogen) atoms. The maximum absolute atomic E-state index is 12.0. The molecule has 1 fully saturated rings. The van der Waals surface area contributed by atoms with Gasteiger partial charge >= 0.3 is 0 Å². The molecule has 0 spiro atoms. The molecule has 1 atom stereocenters. The van der Waals surface area contributed by atoms with E-state index in [0.717, 1.165) is 37.2 Å². The summed E-state index contributed by atoms with van der Waals surface area (Å²) in [4.78, 5) is 12.0. The van der Waals surface area contributed by atoms with E-state index < -0.39 is 0 Å². The van der Waals surface area contributed by atoms with Crippen molar-refractivity contribution in [3.05, 3.63) is 23.8 Å². The van der Waals surface area contributed by atoms with Crippen molar-refractivity contribution in [1.29, 1.82) is 0 Å². The molecule has 1 aliphatic heterocycles. The largest absolute Gasteiger partial charge is 0.508 e. The fourth-order valence-electron chi connectivity index (χ4n) is 2.05. The van der Waals surface area contributed by atoms with E-state index in [2.05, 4.69) is 10.6 Å². The first kappa shape index (κ1) is 11.9. The van der Waals surface area contributed by atoms with Crippen LogP contribution in [0.25, 0.3) is 0 Å². The van der Waals surface area contributed by atoms with Crippen molar-refractivity contribution in [3.8, 4) is 5.75 Å². The second-order valence-corrected chi connectivity index (χ2v) is 4.53. The Hall–Kier alpha value is -1.55. The van der Waals surface area contributed by atoms with Crippen LogP contribution < -0.4 is 10.6 Å². The summed E-state index contributed by atoms with van der Waals surface area (Å²) in [5, 5.41) is 15.5. The highest BCUT2D eigenvalue weighted by molar-refractivity contribution is 5.92. The fraction of sp³-hybridized carbons (Fsp3) is 0.462. The van der Waals surface area contributed by atoms with Crippen LogP contribution in [0.4, 0.5) is 5.69 Å². The van der Waals surface area contributed by atoms with Gasteiger partial charge in [0.2, 0.25) is 5.91 Å². The molecule has 3 N–H and O–H groups in total. The zero-order valence-corrected chi connectivity index (χ0v) is 9.99. The number of hydrogen-bond donors (Lipinski definition) is 3. The molecule has 1 amide bonds. The van der Waals surface area contributed by atoms with E-state index in [0.29, 0.717) is 0 Å². The first-order valence-corrected chi connectivity index (χ1v) is 5.98. The van der Waals surface area contributed by atoms with E-state index in [1.807, 2.05) is 6.92 Å². The molecule has 4 heteroatoms. The van der Waals surface area contributed by atoms with Gasteiger partial charge < -0.3 is 15.7 Å². The number of benzene rings is 1. The standard InChI is InChI=1S/C13H18N2O2/c1-9-7-11(4-5-12(9)16)15-13(17)10-3-2-6-14-8-10/h4-5,7,10,14,16H,2-3,6,8H2,1H3,(H,15,17)/t10-/m1/s1. The van der Waals surface area contributed by atoms with Crippen LogP contribution in [-0.4, -0.2) is 24.1 Å². The normalized spacial score (nSPS) is 19.9. The van der Waals surface area contributed by atoms with Gasteiger partial charge in [0.1, 0.15) is 5.75 Å². The van der Waals surface area contributed by atoms with E-state index >= 15 is 0 Å². The fourth-order valence-corrected chi connectivity index (χ4v) is 2.05. The van der Waals surface area contributed by atoms with Gasteiger partial charge in [-0.2, -0.15) is 0 Å². The van der Waals surface area contributed by atoms with E-state index in [-0.39, 0.29) is 17.6 Å². The number of nitrogens with one attached hydrogen (secondary N) is 2. The number of carbonyl (C=O) groups excluding carboxylic acids is 1. The number of hydrogen-bond acceptors (Lipinski definition) is 3. The van der Waals surface area contributed by atoms with Crippen molar-refractivity contribution in [2.24, 2.45) is 5.92 Å². The number of anilines is 1. The zero-order chi connectivity index (χ0) is 12.3. The molecule has 4 nitrogen and oxygen atoms in total. The van der Waals surface area contributed by atoms with Crippen LogP contribution in [0.5, 0.6) is 5.75 Å². The summed E-state index contributed by atoms with van der Waals surface area (Å²) < 4.78 is 0. The van der Waals surface area contributed by atoms with Gasteiger partial charge in [0.05, 0.1) is 5.92 Å². The third kappa shape index (κ3) is 2.97. The smallest absolute Gasteiger partial charge is 0.228 e. The molecule has 0 aliphatic carbocycles. The summed E-state index contributed by atoms with van der Waals surface area (Å²) in [5.41, 5.74) is 1.51. The van der Waals surface area contributed by atoms with Crippen LogP contribution in [0.1, 0.15) is 18.4 Å². The van der Waals surface area contributed by atoms with Gasteiger partial charge in [0.15, 0.2) is 0 Å². The minimum atomic E-state index is 0.0536. The summed E-state index contributed by atoms with van der Waals surface area (Å²) in [6.45, 7) is 3.57. The maximum Gasteiger partial charge on any atom is 0.228 e. The van der Waals surface area contributed by atoms with Gasteiger partial charge in [-0.3, -0.25) is 4.79 Å². The van der Waals surface area contributed by atoms with Crippen molar-refractivity contribution in [3.63, 3.8) is 0 Å². The lowest BCUT2D eigenvalue weighted by molar-refractivity contribution is -0.120. The Bertz CT molecular complexity index is 412. The average Bonchev–Trinajstić information content (AvgIpc) is 2.35. The molecule has 1 heterocycles. The summed E-state index contributed by atoms with van der Waals surface area (Å²) in [5.74, 6) is 0.363. The molecule has 1 aromatic rings. The predicted molar refractivity (Wildman–Crippen MR) is 67.1 cm³/mol. The van der Waals surface area contributed by atoms with Crippen molar-refractivity contribution in [1.82, 2.24) is 5.32 Å². The van der Waals surface area contributed by atoms with Crippen molar-refractivity contribution < 1.29 is 9.90 Å². The maximum atomic E-state index is 12.0. The van der Waals surface area contributed by atoms with Crippen LogP contribution >= 0.6 is 0 Å². The molecule has 0 unspecified atom stereocenters. The van der Waals surface area contributed by atoms with Crippen LogP contribution in [0.15, 0.2) is 18.2 Å². The number of carbonyl (C=O) groups is 1. The molecule has 0 aromatic heterocycles. The highest BCUT2D eigenvalue weighted by Crippen LogP contribution is 2.21. The Morgan fingerprint density at radius 1 is 1.53 bits per heavy atom. The quantitative estimate of drug-likeness (QED) is 0.682. The first-order valence-electron chi connectivity index (χ1n) is 5.98. The Morgan fingerprint density at radius 3 is 3.00 bits per heavy atom. The predicted octanol–water partition coefficient (Wildman–Crippen LogP) is 1.64. The first-order chi connectivity index (χ1) is 8.16. The molecular formula is C13H18N2O2. The minimum absolute atomic E-state index is 0.0536. The summed E-state index contributed by atoms with van der Waals surface area (Å²) >= 11 is 0. The Kier molecular flexibility index (Phi) is 3.64. The third-order valence-electron chi connectivity index (χ3n) is 3.13. The lowest BCUT2D eigenvalue weighted by Gasteiger charge is -2.22. The van der Waals surface area contributed by atoms with Crippen LogP contribution in [-0.2, 0) is 4.79 Å². The number of phenols is 1. The molecule has 1 aromatic carbocycles. The van der Waals surface area contributed by atoms with Crippen LogP contribution in [0, 0.1) is 12.8 Å². The molecule has 0 saturated carbocycles. The van der Waals surface area contributed by atoms with Gasteiger partial charge in [0, 0.05) is 12.2 Å². The number of amides is 1.